The molecule has 3 unspecified atom stereocenters. The second-order valence-electron chi connectivity index (χ2n) is 6.80. The molecule has 0 aliphatic heterocycles. The van der Waals surface area contributed by atoms with Crippen LogP contribution in [0.1, 0.15) is 46.4 Å². The lowest BCUT2D eigenvalue weighted by atomic mass is 9.81. The Morgan fingerprint density at radius 1 is 0.826 bits per heavy atom. The summed E-state index contributed by atoms with van der Waals surface area (Å²) in [6.07, 6.45) is 4.04. The number of ketones is 2. The first-order valence-corrected chi connectivity index (χ1v) is 8.44. The third kappa shape index (κ3) is 2.16. The molecule has 2 nitrogen and oxygen atoms in total. The number of Topliss-reactive ketones (excluding diaryl/α,β-unsaturated/α-hetero) is 2. The van der Waals surface area contributed by atoms with E-state index in [0.29, 0.717) is 0 Å². The average molecular weight is 304 g/mol. The monoisotopic (exact) mass is 304 g/mol. The summed E-state index contributed by atoms with van der Waals surface area (Å²) in [5.74, 6) is 0.440. The molecule has 0 spiro atoms. The van der Waals surface area contributed by atoms with Crippen LogP contribution in [0.4, 0.5) is 0 Å². The Morgan fingerprint density at radius 2 is 1.43 bits per heavy atom. The van der Waals surface area contributed by atoms with E-state index in [1.54, 1.807) is 0 Å². The molecule has 0 amide bonds. The SMILES string of the molecule is O=C(c1ccccc1)C1C2CCCCC21C(=O)c1ccccc1. The van der Waals surface area contributed by atoms with Gasteiger partial charge in [-0.25, -0.2) is 0 Å². The Hall–Kier alpha value is -2.22. The van der Waals surface area contributed by atoms with Crippen molar-refractivity contribution in [1.82, 2.24) is 0 Å². The molecule has 116 valence electrons. The first kappa shape index (κ1) is 14.4. The Bertz CT molecular complexity index is 735. The highest BCUT2D eigenvalue weighted by atomic mass is 16.1. The van der Waals surface area contributed by atoms with Crippen LogP contribution in [0.25, 0.3) is 0 Å². The second kappa shape index (κ2) is 5.45. The maximum absolute atomic E-state index is 13.2. The van der Waals surface area contributed by atoms with Crippen molar-refractivity contribution >= 4 is 11.6 Å². The zero-order valence-corrected chi connectivity index (χ0v) is 13.1. The molecule has 4 rings (SSSR count). The minimum absolute atomic E-state index is 0.125. The topological polar surface area (TPSA) is 34.1 Å². The van der Waals surface area contributed by atoms with Crippen LogP contribution in [-0.2, 0) is 0 Å². The van der Waals surface area contributed by atoms with Gasteiger partial charge in [0.15, 0.2) is 11.6 Å². The highest BCUT2D eigenvalue weighted by Crippen LogP contribution is 2.68. The number of fused-ring (bicyclic) bond motifs is 1. The molecule has 3 atom stereocenters. The Kier molecular flexibility index (Phi) is 3.41. The van der Waals surface area contributed by atoms with E-state index in [0.717, 1.165) is 36.8 Å². The van der Waals surface area contributed by atoms with Crippen molar-refractivity contribution in [2.75, 3.05) is 0 Å². The fourth-order valence-corrected chi connectivity index (χ4v) is 4.55. The Balaban J connectivity index is 1.69. The molecule has 0 saturated heterocycles. The van der Waals surface area contributed by atoms with Crippen molar-refractivity contribution in [1.29, 1.82) is 0 Å². The number of hydrogen-bond acceptors (Lipinski definition) is 2. The van der Waals surface area contributed by atoms with Gasteiger partial charge in [-0.3, -0.25) is 9.59 Å². The predicted molar refractivity (Wildman–Crippen MR) is 89.4 cm³/mol. The van der Waals surface area contributed by atoms with E-state index < -0.39 is 5.41 Å². The van der Waals surface area contributed by atoms with Crippen LogP contribution in [0.2, 0.25) is 0 Å². The predicted octanol–water partition coefficient (Wildman–Crippen LogP) is 4.56. The lowest BCUT2D eigenvalue weighted by Crippen LogP contribution is -2.24. The number of benzene rings is 2. The molecule has 2 aromatic carbocycles. The highest BCUT2D eigenvalue weighted by molar-refractivity contribution is 6.11. The van der Waals surface area contributed by atoms with Crippen LogP contribution in [-0.4, -0.2) is 11.6 Å². The molecule has 0 radical (unpaired) electrons. The molecule has 0 heterocycles. The fourth-order valence-electron chi connectivity index (χ4n) is 4.55. The molecule has 0 N–H and O–H groups in total. The van der Waals surface area contributed by atoms with Crippen molar-refractivity contribution in [2.24, 2.45) is 17.3 Å². The van der Waals surface area contributed by atoms with Crippen LogP contribution in [0.5, 0.6) is 0 Å². The van der Waals surface area contributed by atoms with E-state index in [9.17, 15) is 9.59 Å². The third-order valence-electron chi connectivity index (χ3n) is 5.66. The smallest absolute Gasteiger partial charge is 0.170 e. The molecule has 23 heavy (non-hydrogen) atoms. The van der Waals surface area contributed by atoms with Crippen molar-refractivity contribution in [3.05, 3.63) is 71.8 Å². The maximum Gasteiger partial charge on any atom is 0.170 e. The number of carbonyl (C=O) groups is 2. The van der Waals surface area contributed by atoms with E-state index in [4.69, 9.17) is 0 Å². The standard InChI is InChI=1S/C21H20O2/c22-19(15-9-3-1-4-10-15)18-17-13-7-8-14-21(17,18)20(23)16-11-5-2-6-12-16/h1-6,9-12,17-18H,7-8,13-14H2. The summed E-state index contributed by atoms with van der Waals surface area (Å²) in [6, 6.07) is 18.9. The fraction of sp³-hybridized carbons (Fsp3) is 0.333. The molecular formula is C21H20O2. The van der Waals surface area contributed by atoms with Crippen molar-refractivity contribution in [3.8, 4) is 0 Å². The number of hydrogen-bond donors (Lipinski definition) is 0. The minimum atomic E-state index is -0.438. The molecule has 2 aliphatic rings. The third-order valence-corrected chi connectivity index (χ3v) is 5.66. The molecule has 0 aromatic heterocycles. The number of carbonyl (C=O) groups excluding carboxylic acids is 2. The summed E-state index contributed by atoms with van der Waals surface area (Å²) in [7, 11) is 0. The summed E-state index contributed by atoms with van der Waals surface area (Å²) in [5.41, 5.74) is 1.06. The van der Waals surface area contributed by atoms with E-state index in [-0.39, 0.29) is 23.4 Å². The molecule has 2 heteroatoms. The molecule has 2 aromatic rings. The Morgan fingerprint density at radius 3 is 2.09 bits per heavy atom. The van der Waals surface area contributed by atoms with Crippen LogP contribution in [0.15, 0.2) is 60.7 Å². The van der Waals surface area contributed by atoms with Crippen LogP contribution in [0.3, 0.4) is 0 Å². The van der Waals surface area contributed by atoms with E-state index in [1.807, 2.05) is 60.7 Å². The van der Waals surface area contributed by atoms with Crippen molar-refractivity contribution in [2.45, 2.75) is 25.7 Å². The van der Waals surface area contributed by atoms with Crippen LogP contribution in [0, 0.1) is 17.3 Å². The summed E-state index contributed by atoms with van der Waals surface area (Å²) in [6.45, 7) is 0. The van der Waals surface area contributed by atoms with Gasteiger partial charge >= 0.3 is 0 Å². The highest BCUT2D eigenvalue weighted by Gasteiger charge is 2.71. The minimum Gasteiger partial charge on any atom is -0.294 e. The van der Waals surface area contributed by atoms with E-state index in [1.165, 1.54) is 0 Å². The summed E-state index contributed by atoms with van der Waals surface area (Å²) in [4.78, 5) is 26.1. The summed E-state index contributed by atoms with van der Waals surface area (Å²) in [5, 5.41) is 0. The van der Waals surface area contributed by atoms with E-state index in [2.05, 4.69) is 0 Å². The first-order valence-electron chi connectivity index (χ1n) is 8.44. The molecule has 0 bridgehead atoms. The van der Waals surface area contributed by atoms with Crippen LogP contribution < -0.4 is 0 Å². The van der Waals surface area contributed by atoms with Gasteiger partial charge in [0.25, 0.3) is 0 Å². The van der Waals surface area contributed by atoms with E-state index >= 15 is 0 Å². The lowest BCUT2D eigenvalue weighted by molar-refractivity contribution is 0.0817. The van der Waals surface area contributed by atoms with Gasteiger partial charge in [0.1, 0.15) is 0 Å². The summed E-state index contributed by atoms with van der Waals surface area (Å²) < 4.78 is 0. The molecular weight excluding hydrogens is 284 g/mol. The quantitative estimate of drug-likeness (QED) is 0.776. The maximum atomic E-state index is 13.2. The van der Waals surface area contributed by atoms with Gasteiger partial charge in [0.2, 0.25) is 0 Å². The van der Waals surface area contributed by atoms with Gasteiger partial charge in [0, 0.05) is 22.5 Å². The normalized spacial score (nSPS) is 28.7. The molecule has 2 saturated carbocycles. The van der Waals surface area contributed by atoms with Gasteiger partial charge in [-0.05, 0) is 18.8 Å². The van der Waals surface area contributed by atoms with Gasteiger partial charge < -0.3 is 0 Å². The zero-order valence-electron chi connectivity index (χ0n) is 13.1. The van der Waals surface area contributed by atoms with Gasteiger partial charge in [-0.15, -0.1) is 0 Å². The van der Waals surface area contributed by atoms with Gasteiger partial charge in [0.05, 0.1) is 0 Å². The molecule has 2 aliphatic carbocycles. The first-order chi connectivity index (χ1) is 11.2. The van der Waals surface area contributed by atoms with Gasteiger partial charge in [-0.1, -0.05) is 73.5 Å². The van der Waals surface area contributed by atoms with Crippen LogP contribution >= 0.6 is 0 Å². The second-order valence-corrected chi connectivity index (χ2v) is 6.80. The lowest BCUT2D eigenvalue weighted by Gasteiger charge is -2.20. The molecule has 2 fully saturated rings. The zero-order chi connectivity index (χ0) is 15.9. The van der Waals surface area contributed by atoms with Crippen molar-refractivity contribution in [3.63, 3.8) is 0 Å². The summed E-state index contributed by atoms with van der Waals surface area (Å²) >= 11 is 0. The van der Waals surface area contributed by atoms with Gasteiger partial charge in [-0.2, -0.15) is 0 Å². The largest absolute Gasteiger partial charge is 0.294 e. The Labute approximate surface area is 136 Å². The average Bonchev–Trinajstić information content (AvgIpc) is 3.32. The number of rotatable bonds is 4. The van der Waals surface area contributed by atoms with Crippen molar-refractivity contribution < 1.29 is 9.59 Å².